The number of rotatable bonds is 7. The van der Waals surface area contributed by atoms with E-state index in [0.29, 0.717) is 24.0 Å². The van der Waals surface area contributed by atoms with E-state index in [9.17, 15) is 0 Å². The van der Waals surface area contributed by atoms with E-state index in [1.54, 1.807) is 11.1 Å². The molecule has 0 saturated heterocycles. The van der Waals surface area contributed by atoms with E-state index in [4.69, 9.17) is 22.3 Å². The van der Waals surface area contributed by atoms with Crippen LogP contribution >= 0.6 is 0 Å². The standard InChI is InChI=1S/C38H42O2/c1-3-13-39-33-9-5-31(6-10-33)37-21-25-15-26(22-37)18-29(17-25)35(37)36-30-19-27-16-28(20-30)24-38(36,23-27)32-7-11-34(12-8-32)40-14-4-2/h1-2,5-12,25-30,35-36H,13-24H2. The lowest BCUT2D eigenvalue weighted by molar-refractivity contribution is -0.163. The molecule has 8 aliphatic rings. The second-order valence-electron chi connectivity index (χ2n) is 14.6. The van der Waals surface area contributed by atoms with Crippen molar-refractivity contribution in [2.75, 3.05) is 13.2 Å². The third-order valence-corrected chi connectivity index (χ3v) is 12.7. The van der Waals surface area contributed by atoms with Crippen molar-refractivity contribution in [2.45, 2.75) is 75.0 Å². The average Bonchev–Trinajstić information content (AvgIpc) is 2.96. The van der Waals surface area contributed by atoms with Crippen molar-refractivity contribution in [3.63, 3.8) is 0 Å². The average molecular weight is 531 g/mol. The molecule has 2 heteroatoms. The van der Waals surface area contributed by atoms with Crippen molar-refractivity contribution >= 4 is 0 Å². The summed E-state index contributed by atoms with van der Waals surface area (Å²) in [5.41, 5.74) is 3.79. The predicted molar refractivity (Wildman–Crippen MR) is 159 cm³/mol. The topological polar surface area (TPSA) is 18.5 Å². The van der Waals surface area contributed by atoms with Gasteiger partial charge in [-0.05, 0) is 158 Å². The molecular weight excluding hydrogens is 488 g/mol. The molecule has 10 rings (SSSR count). The van der Waals surface area contributed by atoms with Gasteiger partial charge in [0.05, 0.1) is 0 Å². The maximum absolute atomic E-state index is 5.80. The summed E-state index contributed by atoms with van der Waals surface area (Å²) in [7, 11) is 0. The Labute approximate surface area is 240 Å². The number of benzene rings is 2. The van der Waals surface area contributed by atoms with Gasteiger partial charge < -0.3 is 9.47 Å². The van der Waals surface area contributed by atoms with E-state index in [1.165, 1.54) is 64.2 Å². The fraction of sp³-hybridized carbons (Fsp3) is 0.579. The lowest BCUT2D eigenvalue weighted by atomic mass is 9.33. The Balaban J connectivity index is 1.22. The Kier molecular flexibility index (Phi) is 5.82. The van der Waals surface area contributed by atoms with Gasteiger partial charge in [0.1, 0.15) is 24.7 Å². The van der Waals surface area contributed by atoms with Gasteiger partial charge in [0.2, 0.25) is 0 Å². The highest BCUT2D eigenvalue weighted by molar-refractivity contribution is 5.40. The summed E-state index contributed by atoms with van der Waals surface area (Å²) in [4.78, 5) is 0. The number of fused-ring (bicyclic) bond motifs is 1. The van der Waals surface area contributed by atoms with E-state index in [-0.39, 0.29) is 0 Å². The molecule has 6 atom stereocenters. The van der Waals surface area contributed by atoms with Crippen LogP contribution in [0.4, 0.5) is 0 Å². The molecule has 2 aromatic carbocycles. The van der Waals surface area contributed by atoms with Gasteiger partial charge >= 0.3 is 0 Å². The molecule has 8 aliphatic carbocycles. The molecule has 2 nitrogen and oxygen atoms in total. The first kappa shape index (κ1) is 24.9. The summed E-state index contributed by atoms with van der Waals surface area (Å²) >= 11 is 0. The highest BCUT2D eigenvalue weighted by Crippen LogP contribution is 2.73. The summed E-state index contributed by atoms with van der Waals surface area (Å²) in [5, 5.41) is 0. The van der Waals surface area contributed by atoms with E-state index in [1.807, 2.05) is 0 Å². The zero-order valence-corrected chi connectivity index (χ0v) is 23.7. The molecule has 0 N–H and O–H groups in total. The SMILES string of the molecule is C#CCOc1ccc(C23CC4CC(CC(C4)C2C2C4CC5CC(C4)CC2(c2ccc(OCC#C)cc2)C5)C3)cc1. The van der Waals surface area contributed by atoms with E-state index in [0.717, 1.165) is 58.8 Å². The van der Waals surface area contributed by atoms with Crippen LogP contribution in [0.3, 0.4) is 0 Å². The van der Waals surface area contributed by atoms with Crippen molar-refractivity contribution in [2.24, 2.45) is 47.3 Å². The first-order valence-corrected chi connectivity index (χ1v) is 15.9. The van der Waals surface area contributed by atoms with Gasteiger partial charge in [0, 0.05) is 0 Å². The second-order valence-corrected chi connectivity index (χ2v) is 14.6. The zero-order valence-electron chi connectivity index (χ0n) is 23.7. The minimum Gasteiger partial charge on any atom is -0.481 e. The van der Waals surface area contributed by atoms with E-state index < -0.39 is 0 Å². The van der Waals surface area contributed by atoms with Crippen LogP contribution in [0.1, 0.15) is 75.3 Å². The van der Waals surface area contributed by atoms with Gasteiger partial charge in [-0.3, -0.25) is 0 Å². The van der Waals surface area contributed by atoms with Crippen molar-refractivity contribution in [1.29, 1.82) is 0 Å². The molecule has 8 saturated carbocycles. The van der Waals surface area contributed by atoms with E-state index in [2.05, 4.69) is 60.4 Å². The molecule has 0 aliphatic heterocycles. The zero-order chi connectivity index (χ0) is 26.9. The molecule has 6 unspecified atom stereocenters. The summed E-state index contributed by atoms with van der Waals surface area (Å²) in [6, 6.07) is 18.5. The Hall–Kier alpha value is -2.84. The molecular formula is C38H42O2. The summed E-state index contributed by atoms with van der Waals surface area (Å²) in [6.07, 6.45) is 25.3. The third kappa shape index (κ3) is 3.71. The quantitative estimate of drug-likeness (QED) is 0.340. The van der Waals surface area contributed by atoms with Crippen LogP contribution in [-0.4, -0.2) is 13.2 Å². The molecule has 8 fully saturated rings. The molecule has 206 valence electrons. The van der Waals surface area contributed by atoms with E-state index >= 15 is 0 Å². The van der Waals surface area contributed by atoms with Crippen LogP contribution in [0.15, 0.2) is 48.5 Å². The second kappa shape index (κ2) is 9.35. The Morgan fingerprint density at radius 1 is 0.550 bits per heavy atom. The smallest absolute Gasteiger partial charge is 0.148 e. The van der Waals surface area contributed by atoms with Crippen molar-refractivity contribution in [3.05, 3.63) is 59.7 Å². The largest absolute Gasteiger partial charge is 0.481 e. The van der Waals surface area contributed by atoms with Crippen molar-refractivity contribution in [3.8, 4) is 36.2 Å². The molecule has 2 aromatic rings. The molecule has 40 heavy (non-hydrogen) atoms. The highest BCUT2D eigenvalue weighted by atomic mass is 16.5. The number of ether oxygens (including phenoxy) is 2. The summed E-state index contributed by atoms with van der Waals surface area (Å²) in [5.74, 6) is 14.0. The molecule has 0 aromatic heterocycles. The van der Waals surface area contributed by atoms with Crippen molar-refractivity contribution < 1.29 is 9.47 Å². The monoisotopic (exact) mass is 530 g/mol. The first-order valence-electron chi connectivity index (χ1n) is 15.9. The summed E-state index contributed by atoms with van der Waals surface area (Å²) < 4.78 is 11.6. The molecule has 0 amide bonds. The number of terminal acetylenes is 2. The fourth-order valence-electron chi connectivity index (χ4n) is 12.3. The van der Waals surface area contributed by atoms with Crippen molar-refractivity contribution in [1.82, 2.24) is 0 Å². The predicted octanol–water partition coefficient (Wildman–Crippen LogP) is 7.80. The van der Waals surface area contributed by atoms with Crippen LogP contribution < -0.4 is 9.47 Å². The minimum absolute atomic E-state index is 0.308. The first-order chi connectivity index (χ1) is 19.6. The molecule has 0 heterocycles. The van der Waals surface area contributed by atoms with Gasteiger partial charge in [-0.1, -0.05) is 36.1 Å². The highest BCUT2D eigenvalue weighted by Gasteiger charge is 2.67. The van der Waals surface area contributed by atoms with Crippen LogP contribution in [0.2, 0.25) is 0 Å². The lowest BCUT2D eigenvalue weighted by Crippen LogP contribution is -2.65. The Morgan fingerprint density at radius 2 is 0.900 bits per heavy atom. The van der Waals surface area contributed by atoms with Crippen LogP contribution in [0.25, 0.3) is 0 Å². The van der Waals surface area contributed by atoms with Gasteiger partial charge in [-0.15, -0.1) is 12.8 Å². The van der Waals surface area contributed by atoms with Gasteiger partial charge in [0.25, 0.3) is 0 Å². The molecule has 0 spiro atoms. The summed E-state index contributed by atoms with van der Waals surface area (Å²) in [6.45, 7) is 0.668. The maximum Gasteiger partial charge on any atom is 0.148 e. The Bertz CT molecular complexity index is 1210. The fourth-order valence-corrected chi connectivity index (χ4v) is 12.3. The molecule has 8 bridgehead atoms. The maximum atomic E-state index is 5.80. The van der Waals surface area contributed by atoms with Crippen LogP contribution in [0.5, 0.6) is 11.5 Å². The van der Waals surface area contributed by atoms with Crippen LogP contribution in [-0.2, 0) is 10.8 Å². The normalized spacial score (nSPS) is 41.9. The number of hydrogen-bond donors (Lipinski definition) is 0. The molecule has 0 radical (unpaired) electrons. The van der Waals surface area contributed by atoms with Gasteiger partial charge in [0.15, 0.2) is 0 Å². The number of hydrogen-bond acceptors (Lipinski definition) is 2. The van der Waals surface area contributed by atoms with Gasteiger partial charge in [-0.25, -0.2) is 0 Å². The minimum atomic E-state index is 0.308. The van der Waals surface area contributed by atoms with Crippen LogP contribution in [0, 0.1) is 72.0 Å². The Morgan fingerprint density at radius 3 is 1.23 bits per heavy atom. The lowest BCUT2D eigenvalue weighted by Gasteiger charge is -2.71. The third-order valence-electron chi connectivity index (χ3n) is 12.7. The van der Waals surface area contributed by atoms with Gasteiger partial charge in [-0.2, -0.15) is 0 Å².